The highest BCUT2D eigenvalue weighted by Crippen LogP contribution is 2.29. The average molecular weight is 413 g/mol. The molecule has 1 amide bonds. The van der Waals surface area contributed by atoms with Gasteiger partial charge >= 0.3 is 0 Å². The van der Waals surface area contributed by atoms with E-state index in [0.717, 1.165) is 6.07 Å². The number of rotatable bonds is 5. The van der Waals surface area contributed by atoms with Gasteiger partial charge in [0.15, 0.2) is 0 Å². The van der Waals surface area contributed by atoms with Gasteiger partial charge in [0.1, 0.15) is 10.7 Å². The lowest BCUT2D eigenvalue weighted by atomic mass is 10.0. The Morgan fingerprint density at radius 2 is 1.85 bits per heavy atom. The minimum absolute atomic E-state index is 0.0709. The molecule has 3 rings (SSSR count). The van der Waals surface area contributed by atoms with Crippen molar-refractivity contribution in [3.05, 3.63) is 53.3 Å². The highest BCUT2D eigenvalue weighted by atomic mass is 32.2. The zero-order chi connectivity index (χ0) is 19.8. The number of carbonyl (C=O) groups is 1. The maximum atomic E-state index is 14.3. The molecule has 2 aromatic carbocycles. The first-order chi connectivity index (χ1) is 12.5. The average Bonchev–Trinajstić information content (AvgIpc) is 2.52. The first kappa shape index (κ1) is 19.3. The molecule has 11 heteroatoms. The van der Waals surface area contributed by atoms with Gasteiger partial charge in [-0.2, -0.15) is 0 Å². The van der Waals surface area contributed by atoms with E-state index in [4.69, 9.17) is 5.14 Å². The standard InChI is InChI=1S/C16H16FN3O5S2/c17-13-8-14-11(4-5-16(21)19-14)7-15(13)27(24,25)20-12-3-1-2-10(6-12)9-26(18,22)23/h1-3,6-8,20H,4-5,9H2,(H,19,21)(H2,18,22,23). The molecule has 0 bridgehead atoms. The van der Waals surface area contributed by atoms with Crippen LogP contribution in [0.2, 0.25) is 0 Å². The molecular formula is C16H16FN3O5S2. The monoisotopic (exact) mass is 413 g/mol. The molecule has 0 saturated carbocycles. The Bertz CT molecular complexity index is 1130. The number of aryl methyl sites for hydroxylation is 1. The van der Waals surface area contributed by atoms with Crippen LogP contribution in [0.1, 0.15) is 17.5 Å². The molecule has 1 heterocycles. The van der Waals surface area contributed by atoms with Crippen molar-refractivity contribution in [2.75, 3.05) is 10.0 Å². The van der Waals surface area contributed by atoms with E-state index in [-0.39, 0.29) is 29.3 Å². The Morgan fingerprint density at radius 3 is 2.56 bits per heavy atom. The third-order valence-corrected chi connectivity index (χ3v) is 6.02. The van der Waals surface area contributed by atoms with Crippen LogP contribution in [-0.4, -0.2) is 22.7 Å². The zero-order valence-corrected chi connectivity index (χ0v) is 15.5. The Labute approximate surface area is 155 Å². The van der Waals surface area contributed by atoms with Crippen LogP contribution in [-0.2, 0) is 37.0 Å². The van der Waals surface area contributed by atoms with Crippen molar-refractivity contribution in [1.29, 1.82) is 0 Å². The van der Waals surface area contributed by atoms with Gasteiger partial charge in [-0.05, 0) is 41.8 Å². The van der Waals surface area contributed by atoms with Crippen LogP contribution in [0, 0.1) is 5.82 Å². The summed E-state index contributed by atoms with van der Waals surface area (Å²) in [5.74, 6) is -1.73. The lowest BCUT2D eigenvalue weighted by Gasteiger charge is -2.18. The maximum Gasteiger partial charge on any atom is 0.264 e. The van der Waals surface area contributed by atoms with E-state index in [0.29, 0.717) is 12.0 Å². The van der Waals surface area contributed by atoms with Crippen molar-refractivity contribution in [3.8, 4) is 0 Å². The van der Waals surface area contributed by atoms with Crippen LogP contribution >= 0.6 is 0 Å². The van der Waals surface area contributed by atoms with Crippen molar-refractivity contribution < 1.29 is 26.0 Å². The fourth-order valence-corrected chi connectivity index (χ4v) is 4.56. The molecule has 8 nitrogen and oxygen atoms in total. The van der Waals surface area contributed by atoms with E-state index >= 15 is 0 Å². The first-order valence-corrected chi connectivity index (χ1v) is 11.0. The van der Waals surface area contributed by atoms with E-state index in [9.17, 15) is 26.0 Å². The first-order valence-electron chi connectivity index (χ1n) is 7.78. The Morgan fingerprint density at radius 1 is 1.11 bits per heavy atom. The number of amides is 1. The second kappa shape index (κ2) is 6.91. The number of carbonyl (C=O) groups excluding carboxylic acids is 1. The summed E-state index contributed by atoms with van der Waals surface area (Å²) in [5, 5.41) is 7.48. The lowest BCUT2D eigenvalue weighted by Crippen LogP contribution is -2.21. The lowest BCUT2D eigenvalue weighted by molar-refractivity contribution is -0.116. The Hall–Kier alpha value is -2.50. The van der Waals surface area contributed by atoms with Crippen LogP contribution in [0.4, 0.5) is 15.8 Å². The quantitative estimate of drug-likeness (QED) is 0.679. The summed E-state index contributed by atoms with van der Waals surface area (Å²) in [5.41, 5.74) is 1.12. The van der Waals surface area contributed by atoms with E-state index < -0.39 is 36.5 Å². The summed E-state index contributed by atoms with van der Waals surface area (Å²) in [6.07, 6.45) is 0.481. The molecule has 0 fully saturated rings. The Balaban J connectivity index is 1.92. The summed E-state index contributed by atoms with van der Waals surface area (Å²) >= 11 is 0. The largest absolute Gasteiger partial charge is 0.326 e. The van der Waals surface area contributed by atoms with Gasteiger partial charge in [0.25, 0.3) is 10.0 Å². The van der Waals surface area contributed by atoms with Gasteiger partial charge in [-0.3, -0.25) is 9.52 Å². The smallest absolute Gasteiger partial charge is 0.264 e. The minimum Gasteiger partial charge on any atom is -0.326 e. The molecule has 0 unspecified atom stereocenters. The fraction of sp³-hybridized carbons (Fsp3) is 0.188. The molecule has 144 valence electrons. The number of hydrogen-bond acceptors (Lipinski definition) is 5. The second-order valence-electron chi connectivity index (χ2n) is 6.10. The topological polar surface area (TPSA) is 135 Å². The third-order valence-electron chi connectivity index (χ3n) is 3.89. The van der Waals surface area contributed by atoms with Gasteiger partial charge in [-0.25, -0.2) is 26.4 Å². The molecule has 1 aliphatic rings. The van der Waals surface area contributed by atoms with Crippen molar-refractivity contribution in [2.45, 2.75) is 23.5 Å². The third kappa shape index (κ3) is 4.62. The molecule has 0 aliphatic carbocycles. The van der Waals surface area contributed by atoms with Crippen molar-refractivity contribution >= 4 is 37.3 Å². The second-order valence-corrected chi connectivity index (χ2v) is 9.37. The van der Waals surface area contributed by atoms with E-state index in [1.807, 2.05) is 0 Å². The van der Waals surface area contributed by atoms with Crippen LogP contribution in [0.25, 0.3) is 0 Å². The summed E-state index contributed by atoms with van der Waals surface area (Å²) < 4.78 is 64.1. The predicted molar refractivity (Wildman–Crippen MR) is 97.4 cm³/mol. The van der Waals surface area contributed by atoms with Crippen LogP contribution in [0.5, 0.6) is 0 Å². The highest BCUT2D eigenvalue weighted by Gasteiger charge is 2.24. The van der Waals surface area contributed by atoms with Crippen LogP contribution in [0.15, 0.2) is 41.3 Å². The number of anilines is 2. The highest BCUT2D eigenvalue weighted by molar-refractivity contribution is 7.92. The molecule has 0 aromatic heterocycles. The molecule has 0 spiro atoms. The van der Waals surface area contributed by atoms with Gasteiger partial charge in [0.2, 0.25) is 15.9 Å². The summed E-state index contributed by atoms with van der Waals surface area (Å²) in [6, 6.07) is 7.79. The molecular weight excluding hydrogens is 397 g/mol. The number of primary sulfonamides is 1. The SMILES string of the molecule is NS(=O)(=O)Cc1cccc(NS(=O)(=O)c2cc3c(cc2F)NC(=O)CC3)c1. The fourth-order valence-electron chi connectivity index (χ4n) is 2.75. The van der Waals surface area contributed by atoms with Crippen LogP contribution < -0.4 is 15.2 Å². The summed E-state index contributed by atoms with van der Waals surface area (Å²) in [7, 11) is -8.05. The number of sulfonamides is 2. The van der Waals surface area contributed by atoms with Gasteiger partial charge in [-0.15, -0.1) is 0 Å². The van der Waals surface area contributed by atoms with Gasteiger partial charge in [-0.1, -0.05) is 12.1 Å². The van der Waals surface area contributed by atoms with Gasteiger partial charge in [0.05, 0.1) is 5.75 Å². The number of nitrogens with two attached hydrogens (primary N) is 1. The number of nitrogens with one attached hydrogen (secondary N) is 2. The number of hydrogen-bond donors (Lipinski definition) is 3. The van der Waals surface area contributed by atoms with E-state index in [1.165, 1.54) is 30.3 Å². The molecule has 0 saturated heterocycles. The van der Waals surface area contributed by atoms with E-state index in [1.54, 1.807) is 0 Å². The summed E-state index contributed by atoms with van der Waals surface area (Å²) in [6.45, 7) is 0. The number of fused-ring (bicyclic) bond motifs is 1. The molecule has 27 heavy (non-hydrogen) atoms. The van der Waals surface area contributed by atoms with E-state index in [2.05, 4.69) is 10.0 Å². The normalized spacial score (nSPS) is 14.4. The molecule has 1 aliphatic heterocycles. The molecule has 4 N–H and O–H groups in total. The van der Waals surface area contributed by atoms with Gasteiger partial charge < -0.3 is 5.32 Å². The van der Waals surface area contributed by atoms with Crippen molar-refractivity contribution in [1.82, 2.24) is 0 Å². The Kier molecular flexibility index (Phi) is 4.93. The number of benzene rings is 2. The molecule has 0 radical (unpaired) electrons. The number of halogens is 1. The van der Waals surface area contributed by atoms with Crippen LogP contribution in [0.3, 0.4) is 0 Å². The predicted octanol–water partition coefficient (Wildman–Crippen LogP) is 1.30. The summed E-state index contributed by atoms with van der Waals surface area (Å²) in [4.78, 5) is 10.8. The van der Waals surface area contributed by atoms with Crippen molar-refractivity contribution in [3.63, 3.8) is 0 Å². The molecule has 2 aromatic rings. The van der Waals surface area contributed by atoms with Crippen molar-refractivity contribution in [2.24, 2.45) is 5.14 Å². The minimum atomic E-state index is -4.27. The zero-order valence-electron chi connectivity index (χ0n) is 13.9. The molecule has 0 atom stereocenters. The maximum absolute atomic E-state index is 14.3. The van der Waals surface area contributed by atoms with Gasteiger partial charge in [0, 0.05) is 17.8 Å².